The zero-order valence-electron chi connectivity index (χ0n) is 38.6. The average Bonchev–Trinajstić information content (AvgIpc) is 3.22. The van der Waals surface area contributed by atoms with Crippen LogP contribution in [0.2, 0.25) is 0 Å². The molecule has 354 valence electrons. The second-order valence-corrected chi connectivity index (χ2v) is 16.6. The van der Waals surface area contributed by atoms with Gasteiger partial charge in [0, 0.05) is 12.8 Å². The smallest absolute Gasteiger partial charge is 0.320 e. The first-order valence-corrected chi connectivity index (χ1v) is 24.3. The van der Waals surface area contributed by atoms with Crippen molar-refractivity contribution < 1.29 is 48.4 Å². The molecule has 0 aliphatic carbocycles. The van der Waals surface area contributed by atoms with Gasteiger partial charge < -0.3 is 30.2 Å². The van der Waals surface area contributed by atoms with Crippen LogP contribution in [0.4, 0.5) is 0 Å². The number of aliphatic carboxylic acids is 2. The molecule has 4 N–H and O–H groups in total. The van der Waals surface area contributed by atoms with Crippen LogP contribution in [0.3, 0.4) is 0 Å². The van der Waals surface area contributed by atoms with Gasteiger partial charge in [-0.15, -0.1) is 0 Å². The fourth-order valence-corrected chi connectivity index (χ4v) is 7.09. The number of carbonyl (C=O) groups is 5. The Hall–Kier alpha value is -3.25. The van der Waals surface area contributed by atoms with E-state index in [-0.39, 0.29) is 25.9 Å². The fraction of sp³-hybridized carbons (Fsp3) is 0.816. The van der Waals surface area contributed by atoms with Crippen LogP contribution < -0.4 is 5.73 Å². The molecule has 2 atom stereocenters. The summed E-state index contributed by atoms with van der Waals surface area (Å²) in [6.45, 7) is 2.82. The third-order valence-electron chi connectivity index (χ3n) is 10.8. The predicted octanol–water partition coefficient (Wildman–Crippen LogP) is 11.0. The van der Waals surface area contributed by atoms with E-state index < -0.39 is 61.7 Å². The van der Waals surface area contributed by atoms with E-state index in [4.69, 9.17) is 19.9 Å². The van der Waals surface area contributed by atoms with E-state index in [1.807, 2.05) is 0 Å². The Morgan fingerprint density at radius 3 is 1.34 bits per heavy atom. The number of carboxylic acid groups (broad SMARTS) is 2. The first-order chi connectivity index (χ1) is 29.6. The van der Waals surface area contributed by atoms with Gasteiger partial charge in [0.2, 0.25) is 0 Å². The highest BCUT2D eigenvalue weighted by molar-refractivity contribution is 5.78. The first-order valence-electron chi connectivity index (χ1n) is 24.3. The third-order valence-corrected chi connectivity index (χ3v) is 10.8. The summed E-state index contributed by atoms with van der Waals surface area (Å²) in [5.41, 5.74) is 5.53. The highest BCUT2D eigenvalue weighted by Crippen LogP contribution is 2.14. The molecule has 0 amide bonds. The molecule has 0 heterocycles. The summed E-state index contributed by atoms with van der Waals surface area (Å²) in [4.78, 5) is 62.9. The van der Waals surface area contributed by atoms with Crippen molar-refractivity contribution in [1.29, 1.82) is 0 Å². The molecular formula is C49H88N2O10. The normalized spacial score (nSPS) is 12.6. The zero-order valence-corrected chi connectivity index (χ0v) is 38.6. The van der Waals surface area contributed by atoms with Crippen LogP contribution >= 0.6 is 0 Å². The molecule has 12 nitrogen and oxygen atoms in total. The van der Waals surface area contributed by atoms with Crippen molar-refractivity contribution in [3.8, 4) is 0 Å². The van der Waals surface area contributed by atoms with Crippen LogP contribution in [-0.2, 0) is 38.2 Å². The van der Waals surface area contributed by atoms with E-state index in [0.29, 0.717) is 32.2 Å². The lowest BCUT2D eigenvalue weighted by Gasteiger charge is -2.26. The van der Waals surface area contributed by atoms with Crippen LogP contribution in [0.5, 0.6) is 0 Å². The Balaban J connectivity index is 4.84. The number of hydrogen-bond acceptors (Lipinski definition) is 10. The number of hydrogen-bond donors (Lipinski definition) is 3. The first kappa shape index (κ1) is 57.8. The van der Waals surface area contributed by atoms with Crippen molar-refractivity contribution in [2.24, 2.45) is 5.73 Å². The summed E-state index contributed by atoms with van der Waals surface area (Å²) in [6.07, 6.45) is 39.3. The highest BCUT2D eigenvalue weighted by atomic mass is 16.6. The Morgan fingerprint density at radius 2 is 0.918 bits per heavy atom. The molecule has 0 aromatic carbocycles. The van der Waals surface area contributed by atoms with Crippen LogP contribution in [0.1, 0.15) is 213 Å². The molecule has 0 aromatic rings. The maximum absolute atomic E-state index is 12.9. The molecule has 0 saturated carbocycles. The lowest BCUT2D eigenvalue weighted by Crippen LogP contribution is -2.47. The topological polar surface area (TPSA) is 183 Å². The van der Waals surface area contributed by atoms with Crippen molar-refractivity contribution in [2.75, 3.05) is 32.8 Å². The summed E-state index contributed by atoms with van der Waals surface area (Å²) in [5.74, 6) is -4.36. The van der Waals surface area contributed by atoms with Gasteiger partial charge in [-0.3, -0.25) is 28.9 Å². The van der Waals surface area contributed by atoms with Crippen molar-refractivity contribution in [1.82, 2.24) is 4.90 Å². The van der Waals surface area contributed by atoms with E-state index in [2.05, 4.69) is 38.2 Å². The summed E-state index contributed by atoms with van der Waals surface area (Å²) >= 11 is 0. The Bertz CT molecular complexity index is 1160. The molecule has 0 radical (unpaired) electrons. The minimum absolute atomic E-state index is 0.107. The lowest BCUT2D eigenvalue weighted by atomic mass is 10.1. The molecular weight excluding hydrogens is 777 g/mol. The second-order valence-electron chi connectivity index (χ2n) is 16.6. The molecule has 0 aromatic heterocycles. The standard InChI is InChI=1S/C49H88N2O10/c1-3-5-7-9-11-13-15-17-19-21-23-25-27-29-31-36-46(54)59-41-43(42-60-48(56)40-51(39-45(52)53)44(49(57)58)35-33-34-38-50)61-47(55)37-32-30-28-26-24-22-20-18-16-14-12-10-8-6-4-2/h17-20,43-44H,3-16,21-42,50H2,1-2H3,(H,52,53)(H,57,58)/b19-17-,20-18-/t43-,44?/m1/s1. The number of carboxylic acids is 2. The summed E-state index contributed by atoms with van der Waals surface area (Å²) in [7, 11) is 0. The molecule has 0 saturated heterocycles. The predicted molar refractivity (Wildman–Crippen MR) is 244 cm³/mol. The molecule has 0 fully saturated rings. The number of allylic oxidation sites excluding steroid dienone is 4. The minimum Gasteiger partial charge on any atom is -0.480 e. The van der Waals surface area contributed by atoms with Gasteiger partial charge in [-0.25, -0.2) is 0 Å². The molecule has 61 heavy (non-hydrogen) atoms. The van der Waals surface area contributed by atoms with E-state index in [9.17, 15) is 34.2 Å². The van der Waals surface area contributed by atoms with Crippen molar-refractivity contribution >= 4 is 29.8 Å². The van der Waals surface area contributed by atoms with Crippen LogP contribution in [0.15, 0.2) is 24.3 Å². The van der Waals surface area contributed by atoms with Gasteiger partial charge in [0.15, 0.2) is 6.10 Å². The van der Waals surface area contributed by atoms with E-state index in [1.54, 1.807) is 0 Å². The molecule has 0 aliphatic rings. The van der Waals surface area contributed by atoms with Crippen LogP contribution in [-0.4, -0.2) is 90.0 Å². The minimum atomic E-state index is -1.29. The number of nitrogens with two attached hydrogens (primary N) is 1. The Labute approximate surface area is 370 Å². The van der Waals surface area contributed by atoms with Gasteiger partial charge in [0.1, 0.15) is 19.3 Å². The molecule has 1 unspecified atom stereocenters. The number of rotatable bonds is 45. The molecule has 12 heteroatoms. The number of nitrogens with zero attached hydrogens (tertiary/aromatic N) is 1. The van der Waals surface area contributed by atoms with Crippen molar-refractivity contribution in [2.45, 2.75) is 225 Å². The fourth-order valence-electron chi connectivity index (χ4n) is 7.09. The van der Waals surface area contributed by atoms with Crippen molar-refractivity contribution in [3.63, 3.8) is 0 Å². The summed E-state index contributed by atoms with van der Waals surface area (Å²) in [6, 6.07) is -1.23. The second kappa shape index (κ2) is 43.4. The zero-order chi connectivity index (χ0) is 45.0. The maximum atomic E-state index is 12.9. The van der Waals surface area contributed by atoms with Gasteiger partial charge in [-0.2, -0.15) is 0 Å². The lowest BCUT2D eigenvalue weighted by molar-refractivity contribution is -0.168. The number of esters is 3. The van der Waals surface area contributed by atoms with E-state index in [1.165, 1.54) is 77.0 Å². The van der Waals surface area contributed by atoms with Crippen LogP contribution in [0.25, 0.3) is 0 Å². The molecule has 0 spiro atoms. The number of carbonyl (C=O) groups excluding carboxylic acids is 3. The van der Waals surface area contributed by atoms with E-state index >= 15 is 0 Å². The summed E-state index contributed by atoms with van der Waals surface area (Å²) < 4.78 is 16.4. The van der Waals surface area contributed by atoms with E-state index in [0.717, 1.165) is 81.9 Å². The van der Waals surface area contributed by atoms with Gasteiger partial charge >= 0.3 is 29.8 Å². The van der Waals surface area contributed by atoms with Gasteiger partial charge in [-0.1, -0.05) is 147 Å². The Kier molecular flexibility index (Phi) is 41.1. The molecule has 0 rings (SSSR count). The molecule has 0 aliphatic heterocycles. The average molecular weight is 865 g/mol. The van der Waals surface area contributed by atoms with Gasteiger partial charge in [-0.05, 0) is 83.6 Å². The SMILES string of the molecule is CCCCCCCC/C=C\CCCCCCCC(=O)OC[C@H](COC(=O)CN(CC(=O)O)C(CCCCN)C(=O)O)OC(=O)CCCCCCC/C=C\CCCCCCCC. The Morgan fingerprint density at radius 1 is 0.508 bits per heavy atom. The summed E-state index contributed by atoms with van der Waals surface area (Å²) in [5, 5.41) is 19.2. The van der Waals surface area contributed by atoms with Crippen molar-refractivity contribution in [3.05, 3.63) is 24.3 Å². The van der Waals surface area contributed by atoms with Gasteiger partial charge in [0.05, 0.1) is 13.1 Å². The van der Waals surface area contributed by atoms with Gasteiger partial charge in [0.25, 0.3) is 0 Å². The van der Waals surface area contributed by atoms with Crippen LogP contribution in [0, 0.1) is 0 Å². The maximum Gasteiger partial charge on any atom is 0.320 e. The largest absolute Gasteiger partial charge is 0.480 e. The monoisotopic (exact) mass is 865 g/mol. The third kappa shape index (κ3) is 39.3. The number of ether oxygens (including phenoxy) is 3. The quantitative estimate of drug-likeness (QED) is 0.0228. The highest BCUT2D eigenvalue weighted by Gasteiger charge is 2.30. The molecule has 0 bridgehead atoms. The number of unbranched alkanes of at least 4 members (excludes halogenated alkanes) is 23.